The number of alkyl halides is 2. The third-order valence-electron chi connectivity index (χ3n) is 7.68. The zero-order chi connectivity index (χ0) is 29.5. The van der Waals surface area contributed by atoms with Crippen molar-refractivity contribution in [3.05, 3.63) is 59.3 Å². The summed E-state index contributed by atoms with van der Waals surface area (Å²) in [6, 6.07) is 9.40. The molecule has 2 aliphatic rings. The van der Waals surface area contributed by atoms with E-state index in [9.17, 15) is 13.6 Å². The van der Waals surface area contributed by atoms with E-state index in [-0.39, 0.29) is 29.5 Å². The summed E-state index contributed by atoms with van der Waals surface area (Å²) in [5.41, 5.74) is 2.76. The standard InChI is InChI=1S/C19H22B2F2N2O.C8H8BNO4/c1-12-9-14(26-2)15(13-3-6-24-16(12)13)19(20,21)25-7-4-17(5-8-25)10-18(22,23)11-17;9-8(13,14)10-6-3-1-2-5(4-6)7(11)12/h3,6,9,24H,4-5,7-8,10-11H2,1-2H3;1-4,10,13-14H,(H,11,12). The predicted octanol–water partition coefficient (Wildman–Crippen LogP) is 3.00. The lowest BCUT2D eigenvalue weighted by Gasteiger charge is -2.55. The van der Waals surface area contributed by atoms with Crippen LogP contribution in [-0.2, 0) is 5.34 Å². The van der Waals surface area contributed by atoms with Gasteiger partial charge in [0, 0.05) is 41.2 Å². The van der Waals surface area contributed by atoms with Gasteiger partial charge in [0.05, 0.1) is 28.4 Å². The second-order valence-corrected chi connectivity index (χ2v) is 10.8. The molecule has 2 aromatic carbocycles. The molecule has 2 heterocycles. The van der Waals surface area contributed by atoms with E-state index in [1.807, 2.05) is 30.2 Å². The van der Waals surface area contributed by atoms with Gasteiger partial charge in [-0.1, -0.05) is 6.07 Å². The van der Waals surface area contributed by atoms with Crippen LogP contribution in [0.25, 0.3) is 10.9 Å². The fourth-order valence-corrected chi connectivity index (χ4v) is 5.80. The molecule has 0 amide bonds. The molecule has 13 heteroatoms. The smallest absolute Gasteiger partial charge is 0.335 e. The number of anilines is 1. The molecule has 3 aromatic rings. The van der Waals surface area contributed by atoms with Crippen molar-refractivity contribution in [2.24, 2.45) is 5.41 Å². The highest BCUT2D eigenvalue weighted by Crippen LogP contribution is 2.58. The Hall–Kier alpha value is -3.02. The van der Waals surface area contributed by atoms with Crippen LogP contribution in [-0.4, -0.2) is 86.6 Å². The maximum absolute atomic E-state index is 13.4. The minimum absolute atomic E-state index is 0.00804. The monoisotopic (exact) mass is 547 g/mol. The quantitative estimate of drug-likeness (QED) is 0.238. The molecule has 5 rings (SSSR count). The van der Waals surface area contributed by atoms with E-state index in [0.717, 1.165) is 22.0 Å². The molecule has 0 atom stereocenters. The van der Waals surface area contributed by atoms with Crippen molar-refractivity contribution in [1.82, 2.24) is 9.88 Å². The molecule has 8 nitrogen and oxygen atoms in total. The molecule has 1 aliphatic carbocycles. The molecule has 6 radical (unpaired) electrons. The maximum atomic E-state index is 13.4. The van der Waals surface area contributed by atoms with E-state index < -0.39 is 23.0 Å². The molecule has 1 aliphatic heterocycles. The largest absolute Gasteiger partial charge is 0.496 e. The molecule has 2 fully saturated rings. The summed E-state index contributed by atoms with van der Waals surface area (Å²) in [4.78, 5) is 15.8. The molecule has 206 valence electrons. The zero-order valence-electron chi connectivity index (χ0n) is 22.4. The van der Waals surface area contributed by atoms with Crippen molar-refractivity contribution in [1.29, 1.82) is 0 Å². The number of aromatic amines is 1. The fourth-order valence-electron chi connectivity index (χ4n) is 5.80. The van der Waals surface area contributed by atoms with E-state index in [0.29, 0.717) is 31.7 Å². The Kier molecular flexibility index (Phi) is 8.06. The third-order valence-corrected chi connectivity index (χ3v) is 7.68. The second kappa shape index (κ2) is 10.8. The number of carbonyl (C=O) groups is 1. The number of rotatable bonds is 6. The highest BCUT2D eigenvalue weighted by atomic mass is 19.3. The van der Waals surface area contributed by atoms with Crippen molar-refractivity contribution in [3.63, 3.8) is 0 Å². The molecular weight excluding hydrogens is 517 g/mol. The predicted molar refractivity (Wildman–Crippen MR) is 150 cm³/mol. The summed E-state index contributed by atoms with van der Waals surface area (Å²) in [6.45, 7) is 3.21. The van der Waals surface area contributed by atoms with Gasteiger partial charge in [-0.05, 0) is 79.5 Å². The minimum atomic E-state index is -2.56. The van der Waals surface area contributed by atoms with Gasteiger partial charge in [0.15, 0.2) is 13.7 Å². The highest BCUT2D eigenvalue weighted by molar-refractivity contribution is 6.40. The summed E-state index contributed by atoms with van der Waals surface area (Å²) < 4.78 is 32.3. The highest BCUT2D eigenvalue weighted by Gasteiger charge is 2.57. The summed E-state index contributed by atoms with van der Waals surface area (Å²) in [5.74, 6) is -5.51. The van der Waals surface area contributed by atoms with Crippen LogP contribution in [0.3, 0.4) is 0 Å². The first-order valence-electron chi connectivity index (χ1n) is 12.8. The number of methoxy groups -OCH3 is 1. The van der Waals surface area contributed by atoms with Gasteiger partial charge in [0.25, 0.3) is 0 Å². The Bertz CT molecular complexity index is 1380. The Morgan fingerprint density at radius 3 is 2.33 bits per heavy atom. The number of likely N-dealkylation sites (tertiary alicyclic amines) is 1. The Labute approximate surface area is 235 Å². The number of hydrogen-bond donors (Lipinski definition) is 5. The molecular formula is C27H30B3F2N3O5. The molecule has 1 aromatic heterocycles. The first-order valence-corrected chi connectivity index (χ1v) is 12.8. The van der Waals surface area contributed by atoms with Crippen molar-refractivity contribution >= 4 is 46.1 Å². The summed E-state index contributed by atoms with van der Waals surface area (Å²) >= 11 is 0. The lowest BCUT2D eigenvalue weighted by Crippen LogP contribution is -2.57. The van der Waals surface area contributed by atoms with Crippen molar-refractivity contribution < 1.29 is 33.6 Å². The van der Waals surface area contributed by atoms with E-state index in [1.54, 1.807) is 7.11 Å². The number of piperidine rings is 1. The average molecular weight is 547 g/mol. The number of carboxylic acid groups (broad SMARTS) is 1. The van der Waals surface area contributed by atoms with Gasteiger partial charge < -0.3 is 35.3 Å². The number of fused-ring (bicyclic) bond motifs is 1. The number of benzene rings is 2. The summed E-state index contributed by atoms with van der Waals surface area (Å²) in [5, 5.41) is 28.0. The molecule has 40 heavy (non-hydrogen) atoms. The Morgan fingerprint density at radius 1 is 1.12 bits per heavy atom. The molecule has 5 N–H and O–H groups in total. The van der Waals surface area contributed by atoms with Crippen LogP contribution in [0.4, 0.5) is 14.5 Å². The van der Waals surface area contributed by atoms with E-state index in [2.05, 4.69) is 10.3 Å². The first-order chi connectivity index (χ1) is 18.6. The first kappa shape index (κ1) is 30.0. The van der Waals surface area contributed by atoms with Crippen LogP contribution in [0.5, 0.6) is 5.75 Å². The van der Waals surface area contributed by atoms with Gasteiger partial charge in [0.2, 0.25) is 5.92 Å². The van der Waals surface area contributed by atoms with Crippen LogP contribution in [0.1, 0.15) is 47.2 Å². The topological polar surface area (TPSA) is 118 Å². The van der Waals surface area contributed by atoms with E-state index >= 15 is 0 Å². The lowest BCUT2D eigenvalue weighted by molar-refractivity contribution is -0.179. The van der Waals surface area contributed by atoms with Crippen LogP contribution in [0.15, 0.2) is 42.6 Å². The molecule has 0 unspecified atom stereocenters. The van der Waals surface area contributed by atoms with Gasteiger partial charge in [-0.2, -0.15) is 0 Å². The van der Waals surface area contributed by atoms with Gasteiger partial charge in [-0.3, -0.25) is 0 Å². The number of aromatic carboxylic acids is 1. The minimum Gasteiger partial charge on any atom is -0.496 e. The number of nitrogens with zero attached hydrogens (tertiary/aromatic N) is 1. The molecule has 0 bridgehead atoms. The van der Waals surface area contributed by atoms with Crippen molar-refractivity contribution in [2.45, 2.75) is 49.7 Å². The Morgan fingerprint density at radius 2 is 1.77 bits per heavy atom. The van der Waals surface area contributed by atoms with Gasteiger partial charge in [0.1, 0.15) is 5.75 Å². The molecule has 1 saturated carbocycles. The lowest BCUT2D eigenvalue weighted by atomic mass is 9.54. The number of aliphatic hydroxyl groups is 2. The summed E-state index contributed by atoms with van der Waals surface area (Å²) in [6.07, 6.45) is 3.24. The fraction of sp³-hybridized carbons (Fsp3) is 0.444. The van der Waals surface area contributed by atoms with Crippen molar-refractivity contribution in [2.75, 3.05) is 25.5 Å². The average Bonchev–Trinajstić information content (AvgIpc) is 3.32. The number of aryl methyl sites for hydroxylation is 1. The van der Waals surface area contributed by atoms with E-state index in [1.165, 1.54) is 24.3 Å². The second-order valence-electron chi connectivity index (χ2n) is 10.8. The molecule has 1 saturated heterocycles. The number of nitrogens with one attached hydrogen (secondary N) is 2. The number of ether oxygens (including phenoxy) is 1. The van der Waals surface area contributed by atoms with Crippen LogP contribution < -0.4 is 10.1 Å². The third kappa shape index (κ3) is 6.32. The Balaban J connectivity index is 0.000000224. The zero-order valence-corrected chi connectivity index (χ0v) is 22.4. The number of hydrogen-bond acceptors (Lipinski definition) is 6. The number of H-pyrrole nitrogens is 1. The number of halogens is 2. The van der Waals surface area contributed by atoms with Gasteiger partial charge >= 0.3 is 5.97 Å². The van der Waals surface area contributed by atoms with Gasteiger partial charge in [-0.15, -0.1) is 0 Å². The maximum Gasteiger partial charge on any atom is 0.335 e. The SMILES string of the molecule is [B]C(O)(O)Nc1cccc(C(=O)O)c1.[B]C([B])(c1c(OC)cc(C)c2[nH]ccc12)N1CCC2(CC1)CC(F)(F)C2. The summed E-state index contributed by atoms with van der Waals surface area (Å²) in [7, 11) is 19.7. The normalized spacial score (nSPS) is 18.4. The number of aromatic nitrogens is 1. The van der Waals surface area contributed by atoms with Crippen LogP contribution >= 0.6 is 0 Å². The number of carboxylic acids is 1. The van der Waals surface area contributed by atoms with Gasteiger partial charge in [-0.25, -0.2) is 13.6 Å². The van der Waals surface area contributed by atoms with Crippen LogP contribution in [0.2, 0.25) is 0 Å². The van der Waals surface area contributed by atoms with Crippen LogP contribution in [0, 0.1) is 12.3 Å². The van der Waals surface area contributed by atoms with E-state index in [4.69, 9.17) is 43.6 Å². The van der Waals surface area contributed by atoms with Crippen molar-refractivity contribution in [3.8, 4) is 5.75 Å². The molecule has 1 spiro atoms.